The third-order valence-corrected chi connectivity index (χ3v) is 7.92. The minimum Gasteiger partial charge on any atom is -0.477 e. The lowest BCUT2D eigenvalue weighted by Crippen LogP contribution is -2.35. The van der Waals surface area contributed by atoms with Gasteiger partial charge >= 0.3 is 5.97 Å². The van der Waals surface area contributed by atoms with E-state index in [0.29, 0.717) is 17.8 Å². The summed E-state index contributed by atoms with van der Waals surface area (Å²) in [6, 6.07) is 14.1. The first-order valence-electron chi connectivity index (χ1n) is 12.4. The first-order chi connectivity index (χ1) is 16.3. The SMILES string of the molecule is C/C(=C\[C@H](O)[C@@H](C)CCCCc1ccccc1)[C@H]1CCC(=O)N1CCCc1ccc(C(=O)O)s1. The van der Waals surface area contributed by atoms with Crippen LogP contribution in [0.3, 0.4) is 0 Å². The van der Waals surface area contributed by atoms with Crippen LogP contribution >= 0.6 is 11.3 Å². The number of carboxylic acids is 1. The van der Waals surface area contributed by atoms with Crippen LogP contribution in [0.4, 0.5) is 0 Å². The van der Waals surface area contributed by atoms with Crippen LogP contribution in [0, 0.1) is 5.92 Å². The van der Waals surface area contributed by atoms with Gasteiger partial charge in [0.05, 0.1) is 12.1 Å². The van der Waals surface area contributed by atoms with Gasteiger partial charge < -0.3 is 15.1 Å². The lowest BCUT2D eigenvalue weighted by atomic mass is 9.93. The topological polar surface area (TPSA) is 77.8 Å². The van der Waals surface area contributed by atoms with Gasteiger partial charge in [0.2, 0.25) is 5.91 Å². The highest BCUT2D eigenvalue weighted by Gasteiger charge is 2.31. The Hall–Kier alpha value is -2.44. The van der Waals surface area contributed by atoms with Gasteiger partial charge in [0.15, 0.2) is 0 Å². The number of nitrogens with zero attached hydrogens (tertiary/aromatic N) is 1. The Morgan fingerprint density at radius 2 is 1.91 bits per heavy atom. The van der Waals surface area contributed by atoms with E-state index in [2.05, 4.69) is 31.2 Å². The van der Waals surface area contributed by atoms with Gasteiger partial charge in [0.1, 0.15) is 4.88 Å². The monoisotopic (exact) mass is 483 g/mol. The van der Waals surface area contributed by atoms with Gasteiger partial charge in [0.25, 0.3) is 0 Å². The highest BCUT2D eigenvalue weighted by atomic mass is 32.1. The van der Waals surface area contributed by atoms with Crippen LogP contribution in [0.5, 0.6) is 0 Å². The fraction of sp³-hybridized carbons (Fsp3) is 0.500. The molecule has 0 saturated carbocycles. The van der Waals surface area contributed by atoms with Crippen molar-refractivity contribution in [2.75, 3.05) is 6.54 Å². The summed E-state index contributed by atoms with van der Waals surface area (Å²) < 4.78 is 0. The van der Waals surface area contributed by atoms with Crippen molar-refractivity contribution in [3.05, 3.63) is 69.4 Å². The van der Waals surface area contributed by atoms with E-state index in [1.54, 1.807) is 6.07 Å². The largest absolute Gasteiger partial charge is 0.477 e. The Balaban J connectivity index is 1.45. The van der Waals surface area contributed by atoms with Crippen LogP contribution in [0.15, 0.2) is 54.1 Å². The number of carboxylic acid groups (broad SMARTS) is 1. The number of aryl methyl sites for hydroxylation is 2. The predicted octanol–water partition coefficient (Wildman–Crippen LogP) is 5.73. The summed E-state index contributed by atoms with van der Waals surface area (Å²) in [7, 11) is 0. The maximum Gasteiger partial charge on any atom is 0.345 e. The fourth-order valence-electron chi connectivity index (χ4n) is 4.69. The zero-order valence-corrected chi connectivity index (χ0v) is 21.1. The van der Waals surface area contributed by atoms with Gasteiger partial charge in [-0.05, 0) is 69.1 Å². The number of hydrogen-bond donors (Lipinski definition) is 2. The molecule has 0 bridgehead atoms. The molecule has 1 aliphatic rings. The van der Waals surface area contributed by atoms with Crippen molar-refractivity contribution < 1.29 is 19.8 Å². The molecular weight excluding hydrogens is 446 g/mol. The molecule has 1 amide bonds. The Morgan fingerprint density at radius 3 is 2.62 bits per heavy atom. The molecular formula is C28H37NO4S. The molecule has 1 aliphatic heterocycles. The first kappa shape index (κ1) is 26.2. The first-order valence-corrected chi connectivity index (χ1v) is 13.2. The van der Waals surface area contributed by atoms with Crippen molar-refractivity contribution in [3.8, 4) is 0 Å². The zero-order chi connectivity index (χ0) is 24.5. The van der Waals surface area contributed by atoms with Crippen LogP contribution in [0.2, 0.25) is 0 Å². The van der Waals surface area contributed by atoms with Crippen LogP contribution in [-0.2, 0) is 17.6 Å². The third kappa shape index (κ3) is 7.54. The average Bonchev–Trinajstić information content (AvgIpc) is 3.44. The number of hydrogen-bond acceptors (Lipinski definition) is 4. The molecule has 0 unspecified atom stereocenters. The quantitative estimate of drug-likeness (QED) is 0.282. The van der Waals surface area contributed by atoms with Crippen molar-refractivity contribution in [1.29, 1.82) is 0 Å². The molecule has 184 valence electrons. The molecule has 3 atom stereocenters. The lowest BCUT2D eigenvalue weighted by Gasteiger charge is -2.27. The van der Waals surface area contributed by atoms with E-state index in [1.807, 2.05) is 30.0 Å². The normalized spacial score (nSPS) is 18.3. The van der Waals surface area contributed by atoms with E-state index in [4.69, 9.17) is 5.11 Å². The van der Waals surface area contributed by atoms with E-state index in [9.17, 15) is 14.7 Å². The van der Waals surface area contributed by atoms with Crippen molar-refractivity contribution in [2.24, 2.45) is 5.92 Å². The van der Waals surface area contributed by atoms with Crippen molar-refractivity contribution in [1.82, 2.24) is 4.90 Å². The molecule has 2 heterocycles. The third-order valence-electron chi connectivity index (χ3n) is 6.78. The molecule has 34 heavy (non-hydrogen) atoms. The van der Waals surface area contributed by atoms with E-state index < -0.39 is 12.1 Å². The van der Waals surface area contributed by atoms with Crippen LogP contribution in [-0.4, -0.2) is 45.7 Å². The summed E-state index contributed by atoms with van der Waals surface area (Å²) in [5, 5.41) is 19.8. The molecule has 2 N–H and O–H groups in total. The van der Waals surface area contributed by atoms with Crippen LogP contribution in [0.1, 0.15) is 72.5 Å². The van der Waals surface area contributed by atoms with Crippen molar-refractivity contribution in [3.63, 3.8) is 0 Å². The van der Waals surface area contributed by atoms with E-state index in [-0.39, 0.29) is 17.9 Å². The van der Waals surface area contributed by atoms with Crippen molar-refractivity contribution in [2.45, 2.75) is 77.4 Å². The van der Waals surface area contributed by atoms with Gasteiger partial charge in [0, 0.05) is 17.8 Å². The molecule has 0 radical (unpaired) electrons. The molecule has 3 rings (SSSR count). The Kier molecular flexibility index (Phi) is 9.90. The molecule has 1 aromatic heterocycles. The highest BCUT2D eigenvalue weighted by Crippen LogP contribution is 2.27. The molecule has 5 nitrogen and oxygen atoms in total. The number of rotatable bonds is 13. The molecule has 1 fully saturated rings. The fourth-order valence-corrected chi connectivity index (χ4v) is 5.58. The molecule has 6 heteroatoms. The van der Waals surface area contributed by atoms with Crippen LogP contribution < -0.4 is 0 Å². The second-order valence-electron chi connectivity index (χ2n) is 9.43. The number of thiophene rings is 1. The number of aliphatic hydroxyl groups excluding tert-OH is 1. The van der Waals surface area contributed by atoms with Gasteiger partial charge in [-0.3, -0.25) is 4.79 Å². The number of aromatic carboxylic acids is 1. The van der Waals surface area contributed by atoms with Crippen molar-refractivity contribution >= 4 is 23.2 Å². The average molecular weight is 484 g/mol. The lowest BCUT2D eigenvalue weighted by molar-refractivity contribution is -0.128. The minimum absolute atomic E-state index is 0.0466. The minimum atomic E-state index is -0.893. The smallest absolute Gasteiger partial charge is 0.345 e. The summed E-state index contributed by atoms with van der Waals surface area (Å²) in [5.41, 5.74) is 2.43. The summed E-state index contributed by atoms with van der Waals surface area (Å²) >= 11 is 1.30. The Morgan fingerprint density at radius 1 is 1.15 bits per heavy atom. The summed E-state index contributed by atoms with van der Waals surface area (Å²) in [5.74, 6) is -0.548. The standard InChI is InChI=1S/C28H37NO4S/c1-20(9-6-7-12-22-10-4-3-5-11-22)25(30)19-21(2)24-15-17-27(31)29(24)18-8-13-23-14-16-26(34-23)28(32)33/h3-5,10-11,14,16,19-20,24-25,30H,6-9,12-13,15,17-18H2,1-2H3,(H,32,33)/b21-19+/t20-,24+,25-/m0/s1. The number of likely N-dealkylation sites (tertiary alicyclic amines) is 1. The Labute approximate surface area is 207 Å². The van der Waals surface area contributed by atoms with E-state index in [0.717, 1.165) is 55.4 Å². The molecule has 1 saturated heterocycles. The molecule has 2 aromatic rings. The van der Waals surface area contributed by atoms with Crippen LogP contribution in [0.25, 0.3) is 0 Å². The predicted molar refractivity (Wildman–Crippen MR) is 137 cm³/mol. The number of carbonyl (C=O) groups is 2. The molecule has 0 aliphatic carbocycles. The van der Waals surface area contributed by atoms with Gasteiger partial charge in [-0.25, -0.2) is 4.79 Å². The maximum atomic E-state index is 12.5. The highest BCUT2D eigenvalue weighted by molar-refractivity contribution is 7.13. The number of carbonyl (C=O) groups excluding carboxylic acids is 1. The van der Waals surface area contributed by atoms with Gasteiger partial charge in [-0.15, -0.1) is 11.3 Å². The summed E-state index contributed by atoms with van der Waals surface area (Å²) in [4.78, 5) is 26.9. The van der Waals surface area contributed by atoms with Gasteiger partial charge in [-0.1, -0.05) is 55.3 Å². The molecule has 0 spiro atoms. The number of amides is 1. The summed E-state index contributed by atoms with van der Waals surface area (Å²) in [6.45, 7) is 4.78. The summed E-state index contributed by atoms with van der Waals surface area (Å²) in [6.07, 6.45) is 8.60. The van der Waals surface area contributed by atoms with Gasteiger partial charge in [-0.2, -0.15) is 0 Å². The molecule has 1 aromatic carbocycles. The van der Waals surface area contributed by atoms with E-state index >= 15 is 0 Å². The maximum absolute atomic E-state index is 12.5. The second kappa shape index (κ2) is 12.9. The number of aliphatic hydroxyl groups is 1. The zero-order valence-electron chi connectivity index (χ0n) is 20.3. The number of benzene rings is 1. The van der Waals surface area contributed by atoms with E-state index in [1.165, 1.54) is 16.9 Å². The number of unbranched alkanes of at least 4 members (excludes halogenated alkanes) is 1. The second-order valence-corrected chi connectivity index (χ2v) is 10.6. The Bertz CT molecular complexity index is 968.